The van der Waals surface area contributed by atoms with Crippen LogP contribution in [0.3, 0.4) is 0 Å². The van der Waals surface area contributed by atoms with E-state index in [1.165, 1.54) is 20.2 Å². The van der Waals surface area contributed by atoms with Crippen molar-refractivity contribution in [3.8, 4) is 0 Å². The third kappa shape index (κ3) is 4.99. The molecule has 2 rings (SSSR count). The minimum Gasteiger partial charge on any atom is -0.334 e. The van der Waals surface area contributed by atoms with Crippen LogP contribution in [0.25, 0.3) is 4.85 Å². The van der Waals surface area contributed by atoms with E-state index in [-0.39, 0.29) is 23.1 Å². The molecule has 0 aromatic heterocycles. The van der Waals surface area contributed by atoms with Crippen molar-refractivity contribution >= 4 is 44.6 Å². The molecule has 1 saturated heterocycles. The van der Waals surface area contributed by atoms with E-state index in [4.69, 9.17) is 18.8 Å². The summed E-state index contributed by atoms with van der Waals surface area (Å²) in [7, 11) is -0.465. The van der Waals surface area contributed by atoms with Crippen molar-refractivity contribution < 1.29 is 26.4 Å². The van der Waals surface area contributed by atoms with Crippen LogP contribution in [-0.2, 0) is 21.0 Å². The highest BCUT2D eigenvalue weighted by molar-refractivity contribution is 7.89. The average Bonchev–Trinajstić information content (AvgIpc) is 2.82. The summed E-state index contributed by atoms with van der Waals surface area (Å²) in [5.74, 6) is -0.562. The number of benzene rings is 1. The maximum atomic E-state index is 13.3. The van der Waals surface area contributed by atoms with E-state index in [9.17, 15) is 26.4 Å². The van der Waals surface area contributed by atoms with Crippen LogP contribution in [0.15, 0.2) is 18.2 Å². The van der Waals surface area contributed by atoms with Gasteiger partial charge in [-0.3, -0.25) is 9.69 Å². The lowest BCUT2D eigenvalue weighted by Crippen LogP contribution is -2.44. The van der Waals surface area contributed by atoms with Gasteiger partial charge in [-0.2, -0.15) is 13.2 Å². The van der Waals surface area contributed by atoms with Gasteiger partial charge in [-0.25, -0.2) is 17.6 Å². The number of halogens is 3. The Balaban J connectivity index is 2.26. The van der Waals surface area contributed by atoms with E-state index in [1.54, 1.807) is 18.7 Å². The molecular weight excluding hydrogens is 453 g/mol. The van der Waals surface area contributed by atoms with Gasteiger partial charge in [0.2, 0.25) is 10.0 Å². The van der Waals surface area contributed by atoms with Crippen molar-refractivity contribution in [1.82, 2.24) is 9.21 Å². The van der Waals surface area contributed by atoms with Crippen LogP contribution in [0.4, 0.5) is 24.5 Å². The molecule has 0 aliphatic carbocycles. The number of unbranched alkanes of at least 4 members (excludes halogenated alkanes) is 1. The number of alkyl halides is 3. The van der Waals surface area contributed by atoms with E-state index < -0.39 is 38.9 Å². The number of thiocarbonyl (C=S) groups is 1. The fourth-order valence-corrected chi connectivity index (χ4v) is 4.61. The molecule has 0 bridgehead atoms. The van der Waals surface area contributed by atoms with Crippen LogP contribution in [0, 0.1) is 6.57 Å². The maximum Gasteiger partial charge on any atom is 0.407 e. The number of hydrogen-bond acceptors (Lipinski definition) is 4. The SMILES string of the molecule is [C-]#[N+]c1ccc(N2C(=O)C(C)(C)N(CCCCS(=O)(=O)N(C)C)C2=S)cc1C(F)(F)F. The van der Waals surface area contributed by atoms with Gasteiger partial charge in [-0.15, -0.1) is 0 Å². The van der Waals surface area contributed by atoms with Gasteiger partial charge in [-0.05, 0) is 51.0 Å². The number of rotatable bonds is 7. The minimum atomic E-state index is -4.76. The Hall–Kier alpha value is -2.23. The van der Waals surface area contributed by atoms with Crippen LogP contribution in [0.5, 0.6) is 0 Å². The molecule has 0 atom stereocenters. The van der Waals surface area contributed by atoms with Crippen molar-refractivity contribution in [2.24, 2.45) is 0 Å². The monoisotopic (exact) mass is 476 g/mol. The Morgan fingerprint density at radius 3 is 2.35 bits per heavy atom. The topological polar surface area (TPSA) is 65.3 Å². The predicted molar refractivity (Wildman–Crippen MR) is 115 cm³/mol. The Kier molecular flexibility index (Phi) is 7.04. The van der Waals surface area contributed by atoms with E-state index >= 15 is 0 Å². The average molecular weight is 477 g/mol. The first kappa shape index (κ1) is 25.0. The van der Waals surface area contributed by atoms with Gasteiger partial charge in [-0.1, -0.05) is 6.07 Å². The Bertz CT molecular complexity index is 1030. The number of carbonyl (C=O) groups excluding carboxylic acids is 1. The van der Waals surface area contributed by atoms with Gasteiger partial charge in [0.05, 0.1) is 17.9 Å². The van der Waals surface area contributed by atoms with Crippen LogP contribution in [0.2, 0.25) is 0 Å². The molecule has 170 valence electrons. The first-order valence-electron chi connectivity index (χ1n) is 9.29. The molecule has 7 nitrogen and oxygen atoms in total. The Morgan fingerprint density at radius 2 is 1.84 bits per heavy atom. The summed E-state index contributed by atoms with van der Waals surface area (Å²) < 4.78 is 64.9. The van der Waals surface area contributed by atoms with Gasteiger partial charge in [0.1, 0.15) is 5.54 Å². The predicted octanol–water partition coefficient (Wildman–Crippen LogP) is 3.64. The lowest BCUT2D eigenvalue weighted by atomic mass is 10.0. The first-order chi connectivity index (χ1) is 14.1. The van der Waals surface area contributed by atoms with Crippen molar-refractivity contribution in [3.63, 3.8) is 0 Å². The summed E-state index contributed by atoms with van der Waals surface area (Å²) in [6.07, 6.45) is -4.00. The standard InChI is InChI=1S/C19H23F3N4O3S2/c1-18(2)16(27)26(13-8-9-15(23-3)14(12-13)19(20,21)22)17(30)25(18)10-6-7-11-31(28,29)24(4)5/h8-9,12H,6-7,10-11H2,1-2,4-5H3. The molecule has 1 aromatic rings. The summed E-state index contributed by atoms with van der Waals surface area (Å²) in [5, 5.41) is 0.0363. The third-order valence-corrected chi connectivity index (χ3v) is 7.40. The summed E-state index contributed by atoms with van der Waals surface area (Å²) in [6.45, 7) is 10.4. The lowest BCUT2D eigenvalue weighted by molar-refractivity contribution is -0.136. The molecule has 0 radical (unpaired) electrons. The summed E-state index contributed by atoms with van der Waals surface area (Å²) in [6, 6.07) is 3.03. The second-order valence-corrected chi connectivity index (χ2v) is 10.4. The van der Waals surface area contributed by atoms with Crippen LogP contribution in [0.1, 0.15) is 32.3 Å². The number of amides is 1. The Labute approximate surface area is 185 Å². The van der Waals surface area contributed by atoms with E-state index in [2.05, 4.69) is 4.85 Å². The highest BCUT2D eigenvalue weighted by Crippen LogP contribution is 2.40. The van der Waals surface area contributed by atoms with Gasteiger partial charge in [0, 0.05) is 26.3 Å². The number of anilines is 1. The lowest BCUT2D eigenvalue weighted by Gasteiger charge is -2.29. The fraction of sp³-hybridized carbons (Fsp3) is 0.526. The molecule has 1 aliphatic rings. The van der Waals surface area contributed by atoms with Crippen molar-refractivity contribution in [3.05, 3.63) is 35.2 Å². The van der Waals surface area contributed by atoms with E-state index in [0.717, 1.165) is 21.3 Å². The molecular formula is C19H23F3N4O3S2. The summed E-state index contributed by atoms with van der Waals surface area (Å²) in [5.41, 5.74) is -2.89. The molecule has 1 heterocycles. The second-order valence-electron chi connectivity index (χ2n) is 7.75. The molecule has 1 amide bonds. The van der Waals surface area contributed by atoms with E-state index in [0.29, 0.717) is 12.8 Å². The highest BCUT2D eigenvalue weighted by Gasteiger charge is 2.49. The van der Waals surface area contributed by atoms with Crippen LogP contribution < -0.4 is 4.90 Å². The molecule has 0 unspecified atom stereocenters. The molecule has 0 saturated carbocycles. The quantitative estimate of drug-likeness (QED) is 0.342. The normalized spacial score (nSPS) is 16.9. The molecule has 1 aliphatic heterocycles. The first-order valence-corrected chi connectivity index (χ1v) is 11.3. The van der Waals surface area contributed by atoms with Crippen molar-refractivity contribution in [2.45, 2.75) is 38.4 Å². The number of nitrogens with zero attached hydrogens (tertiary/aromatic N) is 4. The maximum absolute atomic E-state index is 13.3. The van der Waals surface area contributed by atoms with Crippen molar-refractivity contribution in [1.29, 1.82) is 0 Å². The minimum absolute atomic E-state index is 0.0363. The van der Waals surface area contributed by atoms with Gasteiger partial charge in [0.15, 0.2) is 10.8 Å². The number of hydrogen-bond donors (Lipinski definition) is 0. The molecule has 1 fully saturated rings. The molecule has 0 spiro atoms. The second kappa shape index (κ2) is 8.72. The molecule has 31 heavy (non-hydrogen) atoms. The zero-order valence-corrected chi connectivity index (χ0v) is 19.2. The number of carbonyl (C=O) groups is 1. The highest BCUT2D eigenvalue weighted by atomic mass is 32.2. The smallest absolute Gasteiger partial charge is 0.334 e. The zero-order valence-electron chi connectivity index (χ0n) is 17.5. The summed E-state index contributed by atoms with van der Waals surface area (Å²) in [4.78, 5) is 18.5. The van der Waals surface area contributed by atoms with Crippen molar-refractivity contribution in [2.75, 3.05) is 31.3 Å². The number of sulfonamides is 1. The van der Waals surface area contributed by atoms with Gasteiger partial charge < -0.3 is 4.90 Å². The van der Waals surface area contributed by atoms with Crippen LogP contribution in [-0.4, -0.2) is 60.6 Å². The zero-order chi connectivity index (χ0) is 23.8. The largest absolute Gasteiger partial charge is 0.407 e. The van der Waals surface area contributed by atoms with Gasteiger partial charge >= 0.3 is 6.18 Å². The Morgan fingerprint density at radius 1 is 1.23 bits per heavy atom. The van der Waals surface area contributed by atoms with Gasteiger partial charge in [0.25, 0.3) is 5.91 Å². The van der Waals surface area contributed by atoms with E-state index in [1.807, 2.05) is 0 Å². The molecule has 12 heteroatoms. The fourth-order valence-electron chi connectivity index (χ4n) is 3.16. The molecule has 0 N–H and O–H groups in total. The molecule has 1 aromatic carbocycles. The summed E-state index contributed by atoms with van der Waals surface area (Å²) >= 11 is 5.40. The van der Waals surface area contributed by atoms with Crippen LogP contribution >= 0.6 is 12.2 Å². The third-order valence-electron chi connectivity index (χ3n) is 5.08.